The first-order valence-corrected chi connectivity index (χ1v) is 7.44. The van der Waals surface area contributed by atoms with Crippen LogP contribution >= 0.6 is 24.2 Å². The van der Waals surface area contributed by atoms with E-state index in [4.69, 9.17) is 5.73 Å². The summed E-state index contributed by atoms with van der Waals surface area (Å²) in [6, 6.07) is 7.81. The highest BCUT2D eigenvalue weighted by atomic mass is 35.5. The molecule has 2 rings (SSSR count). The van der Waals surface area contributed by atoms with Crippen LogP contribution in [0, 0.1) is 5.41 Å². The SMILES string of the molecule is CSc1ccc(C(=O)N2CCC(C)(CN)C2)cc1.Cl. The van der Waals surface area contributed by atoms with Crippen molar-refractivity contribution in [3.63, 3.8) is 0 Å². The van der Waals surface area contributed by atoms with Gasteiger partial charge in [-0.15, -0.1) is 24.2 Å². The zero-order valence-electron chi connectivity index (χ0n) is 11.4. The number of carbonyl (C=O) groups excluding carboxylic acids is 1. The quantitative estimate of drug-likeness (QED) is 0.873. The van der Waals surface area contributed by atoms with Gasteiger partial charge in [0.1, 0.15) is 0 Å². The Bertz CT molecular complexity index is 438. The predicted molar refractivity (Wildman–Crippen MR) is 83.2 cm³/mol. The number of thioether (sulfide) groups is 1. The number of amides is 1. The number of hydrogen-bond acceptors (Lipinski definition) is 3. The lowest BCUT2D eigenvalue weighted by molar-refractivity contribution is 0.0777. The predicted octanol–water partition coefficient (Wildman–Crippen LogP) is 2.64. The maximum atomic E-state index is 12.3. The maximum absolute atomic E-state index is 12.3. The molecule has 1 unspecified atom stereocenters. The first kappa shape index (κ1) is 16.3. The van der Waals surface area contributed by atoms with Gasteiger partial charge >= 0.3 is 0 Å². The Morgan fingerprint density at radius 3 is 2.53 bits per heavy atom. The van der Waals surface area contributed by atoms with Crippen molar-refractivity contribution in [3.8, 4) is 0 Å². The van der Waals surface area contributed by atoms with E-state index in [0.29, 0.717) is 6.54 Å². The van der Waals surface area contributed by atoms with Crippen LogP contribution in [-0.2, 0) is 0 Å². The number of likely N-dealkylation sites (tertiary alicyclic amines) is 1. The lowest BCUT2D eigenvalue weighted by Gasteiger charge is -2.22. The summed E-state index contributed by atoms with van der Waals surface area (Å²) in [6.45, 7) is 4.38. The number of carbonyl (C=O) groups is 1. The van der Waals surface area contributed by atoms with Gasteiger partial charge in [-0.05, 0) is 48.9 Å². The minimum absolute atomic E-state index is 0. The maximum Gasteiger partial charge on any atom is 0.253 e. The van der Waals surface area contributed by atoms with Crippen molar-refractivity contribution in [3.05, 3.63) is 29.8 Å². The van der Waals surface area contributed by atoms with E-state index in [1.54, 1.807) is 11.8 Å². The van der Waals surface area contributed by atoms with E-state index in [1.165, 1.54) is 4.90 Å². The molecule has 0 spiro atoms. The lowest BCUT2D eigenvalue weighted by Crippen LogP contribution is -2.34. The van der Waals surface area contributed by atoms with Crippen molar-refractivity contribution < 1.29 is 4.79 Å². The third kappa shape index (κ3) is 3.65. The van der Waals surface area contributed by atoms with E-state index in [1.807, 2.05) is 35.4 Å². The van der Waals surface area contributed by atoms with E-state index in [2.05, 4.69) is 6.92 Å². The highest BCUT2D eigenvalue weighted by molar-refractivity contribution is 7.98. The second kappa shape index (κ2) is 6.64. The van der Waals surface area contributed by atoms with Crippen molar-refractivity contribution >= 4 is 30.1 Å². The van der Waals surface area contributed by atoms with Gasteiger partial charge in [-0.1, -0.05) is 6.92 Å². The average molecular weight is 301 g/mol. The largest absolute Gasteiger partial charge is 0.338 e. The van der Waals surface area contributed by atoms with Crippen molar-refractivity contribution in [2.45, 2.75) is 18.2 Å². The van der Waals surface area contributed by atoms with Gasteiger partial charge in [0.15, 0.2) is 0 Å². The molecule has 1 amide bonds. The van der Waals surface area contributed by atoms with E-state index in [9.17, 15) is 4.79 Å². The van der Waals surface area contributed by atoms with Crippen molar-refractivity contribution in [2.24, 2.45) is 11.1 Å². The van der Waals surface area contributed by atoms with Crippen LogP contribution in [0.3, 0.4) is 0 Å². The number of rotatable bonds is 3. The number of halogens is 1. The second-order valence-electron chi connectivity index (χ2n) is 5.22. The third-order valence-electron chi connectivity index (χ3n) is 3.67. The molecule has 1 atom stereocenters. The summed E-state index contributed by atoms with van der Waals surface area (Å²) in [6.07, 6.45) is 3.03. The Kier molecular flexibility index (Phi) is 5.71. The summed E-state index contributed by atoms with van der Waals surface area (Å²) in [5, 5.41) is 0. The minimum Gasteiger partial charge on any atom is -0.338 e. The molecule has 1 aliphatic heterocycles. The van der Waals surface area contributed by atoms with Crippen LogP contribution in [-0.4, -0.2) is 36.7 Å². The molecular weight excluding hydrogens is 280 g/mol. The number of nitrogens with zero attached hydrogens (tertiary/aromatic N) is 1. The van der Waals surface area contributed by atoms with Crippen molar-refractivity contribution in [2.75, 3.05) is 25.9 Å². The molecular formula is C14H21ClN2OS. The molecule has 1 aliphatic rings. The number of benzene rings is 1. The molecule has 0 bridgehead atoms. The van der Waals surface area contributed by atoms with Gasteiger partial charge in [-0.25, -0.2) is 0 Å². The molecule has 5 heteroatoms. The standard InChI is InChI=1S/C14H20N2OS.ClH/c1-14(9-15)7-8-16(10-14)13(17)11-3-5-12(18-2)6-4-11;/h3-6H,7-10,15H2,1-2H3;1H. The summed E-state index contributed by atoms with van der Waals surface area (Å²) in [4.78, 5) is 15.4. The molecule has 1 heterocycles. The Labute approximate surface area is 125 Å². The summed E-state index contributed by atoms with van der Waals surface area (Å²) >= 11 is 1.68. The molecule has 3 nitrogen and oxygen atoms in total. The highest BCUT2D eigenvalue weighted by Crippen LogP contribution is 2.29. The molecule has 1 aromatic rings. The van der Waals surface area contributed by atoms with Crippen molar-refractivity contribution in [1.82, 2.24) is 4.90 Å². The van der Waals surface area contributed by atoms with Gasteiger partial charge in [0, 0.05) is 23.5 Å². The first-order chi connectivity index (χ1) is 8.58. The zero-order chi connectivity index (χ0) is 13.2. The van der Waals surface area contributed by atoms with E-state index in [0.717, 1.165) is 25.1 Å². The van der Waals surface area contributed by atoms with Gasteiger partial charge in [0.05, 0.1) is 0 Å². The van der Waals surface area contributed by atoms with Gasteiger partial charge < -0.3 is 10.6 Å². The average Bonchev–Trinajstić information content (AvgIpc) is 2.81. The smallest absolute Gasteiger partial charge is 0.253 e. The zero-order valence-corrected chi connectivity index (χ0v) is 13.0. The summed E-state index contributed by atoms with van der Waals surface area (Å²) in [5.41, 5.74) is 6.63. The minimum atomic E-state index is 0. The second-order valence-corrected chi connectivity index (χ2v) is 6.10. The molecule has 0 aliphatic carbocycles. The van der Waals surface area contributed by atoms with Crippen LogP contribution in [0.15, 0.2) is 29.2 Å². The molecule has 2 N–H and O–H groups in total. The fourth-order valence-corrected chi connectivity index (χ4v) is 2.69. The van der Waals surface area contributed by atoms with Gasteiger partial charge in [0.25, 0.3) is 5.91 Å². The number of nitrogens with two attached hydrogens (primary N) is 1. The van der Waals surface area contributed by atoms with Crippen LogP contribution < -0.4 is 5.73 Å². The highest BCUT2D eigenvalue weighted by Gasteiger charge is 2.35. The molecule has 0 radical (unpaired) electrons. The van der Waals surface area contributed by atoms with E-state index >= 15 is 0 Å². The fourth-order valence-electron chi connectivity index (χ4n) is 2.28. The summed E-state index contributed by atoms with van der Waals surface area (Å²) in [7, 11) is 0. The topological polar surface area (TPSA) is 46.3 Å². The van der Waals surface area contributed by atoms with Crippen LogP contribution in [0.1, 0.15) is 23.7 Å². The Balaban J connectivity index is 0.00000180. The Morgan fingerprint density at radius 2 is 2.05 bits per heavy atom. The molecule has 1 fully saturated rings. The molecule has 0 aromatic heterocycles. The van der Waals surface area contributed by atoms with Crippen molar-refractivity contribution in [1.29, 1.82) is 0 Å². The van der Waals surface area contributed by atoms with Crippen LogP contribution in [0.4, 0.5) is 0 Å². The lowest BCUT2D eigenvalue weighted by atomic mass is 9.90. The molecule has 1 aromatic carbocycles. The molecule has 1 saturated heterocycles. The van der Waals surface area contributed by atoms with E-state index < -0.39 is 0 Å². The Hall–Kier alpha value is -0.710. The Morgan fingerprint density at radius 1 is 1.42 bits per heavy atom. The molecule has 19 heavy (non-hydrogen) atoms. The van der Waals surface area contributed by atoms with E-state index in [-0.39, 0.29) is 23.7 Å². The van der Waals surface area contributed by atoms with Gasteiger partial charge in [0.2, 0.25) is 0 Å². The van der Waals surface area contributed by atoms with Crippen LogP contribution in [0.5, 0.6) is 0 Å². The molecule has 0 saturated carbocycles. The third-order valence-corrected chi connectivity index (χ3v) is 4.42. The number of hydrogen-bond donors (Lipinski definition) is 1. The first-order valence-electron chi connectivity index (χ1n) is 6.21. The summed E-state index contributed by atoms with van der Waals surface area (Å²) in [5.74, 6) is 0.125. The van der Waals surface area contributed by atoms with Gasteiger partial charge in [-0.2, -0.15) is 0 Å². The summed E-state index contributed by atoms with van der Waals surface area (Å²) < 4.78 is 0. The molecule has 106 valence electrons. The fraction of sp³-hybridized carbons (Fsp3) is 0.500. The van der Waals surface area contributed by atoms with Gasteiger partial charge in [-0.3, -0.25) is 4.79 Å². The van der Waals surface area contributed by atoms with Crippen LogP contribution in [0.25, 0.3) is 0 Å². The van der Waals surface area contributed by atoms with Crippen LogP contribution in [0.2, 0.25) is 0 Å². The monoisotopic (exact) mass is 300 g/mol. The normalized spacial score (nSPS) is 22.2.